The van der Waals surface area contributed by atoms with Crippen molar-refractivity contribution in [2.75, 3.05) is 14.2 Å². The van der Waals surface area contributed by atoms with E-state index in [0.29, 0.717) is 11.1 Å². The van der Waals surface area contributed by atoms with Crippen LogP contribution < -0.4 is 0 Å². The number of hydrogen-bond acceptors (Lipinski definition) is 4. The molecular weight excluding hydrogens is 388 g/mol. The maximum atomic E-state index is 12.6. The second-order valence-electron chi connectivity index (χ2n) is 7.51. The Morgan fingerprint density at radius 2 is 1.10 bits per heavy atom. The van der Waals surface area contributed by atoms with Gasteiger partial charge in [0.15, 0.2) is 5.41 Å². The van der Waals surface area contributed by atoms with E-state index in [-0.39, 0.29) is 12.8 Å². The number of ether oxygens (including phenoxy) is 2. The molecule has 1 aliphatic carbocycles. The van der Waals surface area contributed by atoms with Gasteiger partial charge in [-0.2, -0.15) is 0 Å². The Balaban J connectivity index is 2.09. The van der Waals surface area contributed by atoms with Gasteiger partial charge in [0.25, 0.3) is 0 Å². The molecule has 156 valence electrons. The third kappa shape index (κ3) is 4.55. The minimum Gasteiger partial charge on any atom is -0.468 e. The van der Waals surface area contributed by atoms with Gasteiger partial charge in [-0.3, -0.25) is 9.59 Å². The lowest BCUT2D eigenvalue weighted by Gasteiger charge is -2.22. The van der Waals surface area contributed by atoms with E-state index in [1.54, 1.807) is 0 Å². The standard InChI is InChI=1S/C27H24O4/c1-19-9-5-7-11-21(19)13-15-23-17-27(25(28)30-3,26(29)31-4)18-24(23)16-14-22-12-8-6-10-20(22)2/h5-12H,17-18H2,1-4H3. The number of benzene rings is 2. The highest BCUT2D eigenvalue weighted by Gasteiger charge is 2.53. The molecule has 0 amide bonds. The number of carbonyl (C=O) groups excluding carboxylic acids is 2. The van der Waals surface area contributed by atoms with Gasteiger partial charge in [0, 0.05) is 35.1 Å². The summed E-state index contributed by atoms with van der Waals surface area (Å²) in [6.07, 6.45) is 0.200. The minimum atomic E-state index is -1.46. The second kappa shape index (κ2) is 9.37. The predicted molar refractivity (Wildman–Crippen MR) is 119 cm³/mol. The Hall–Kier alpha value is -3.76. The van der Waals surface area contributed by atoms with E-state index in [0.717, 1.165) is 22.3 Å². The first-order valence-electron chi connectivity index (χ1n) is 9.95. The second-order valence-corrected chi connectivity index (χ2v) is 7.51. The summed E-state index contributed by atoms with van der Waals surface area (Å²) in [7, 11) is 2.53. The zero-order valence-corrected chi connectivity index (χ0v) is 18.2. The smallest absolute Gasteiger partial charge is 0.323 e. The van der Waals surface area contributed by atoms with E-state index in [1.165, 1.54) is 14.2 Å². The number of carbonyl (C=O) groups is 2. The van der Waals surface area contributed by atoms with Crippen LogP contribution in [0, 0.1) is 42.9 Å². The molecule has 0 fully saturated rings. The Bertz CT molecular complexity index is 1090. The van der Waals surface area contributed by atoms with Crippen LogP contribution in [-0.4, -0.2) is 26.2 Å². The SMILES string of the molecule is COC(=O)C1(C(=O)OC)CC(C#Cc2ccccc2C)=C(C#Cc2ccccc2C)C1. The number of esters is 2. The minimum absolute atomic E-state index is 0.100. The first-order chi connectivity index (χ1) is 14.9. The van der Waals surface area contributed by atoms with Gasteiger partial charge in [0.2, 0.25) is 0 Å². The van der Waals surface area contributed by atoms with Crippen molar-refractivity contribution >= 4 is 11.9 Å². The van der Waals surface area contributed by atoms with Crippen LogP contribution in [0.1, 0.15) is 35.1 Å². The van der Waals surface area contributed by atoms with Crippen LogP contribution in [0.25, 0.3) is 0 Å². The molecule has 31 heavy (non-hydrogen) atoms. The molecule has 0 heterocycles. The van der Waals surface area contributed by atoms with Gasteiger partial charge in [-0.15, -0.1) is 0 Å². The molecule has 0 spiro atoms. The fourth-order valence-corrected chi connectivity index (χ4v) is 3.59. The van der Waals surface area contributed by atoms with Crippen LogP contribution in [0.2, 0.25) is 0 Å². The summed E-state index contributed by atoms with van der Waals surface area (Å²) in [5, 5.41) is 0. The van der Waals surface area contributed by atoms with Crippen molar-refractivity contribution < 1.29 is 19.1 Å². The van der Waals surface area contributed by atoms with Gasteiger partial charge < -0.3 is 9.47 Å². The van der Waals surface area contributed by atoms with Crippen LogP contribution in [0.4, 0.5) is 0 Å². The molecule has 0 bridgehead atoms. The number of aryl methyl sites for hydroxylation is 2. The summed E-state index contributed by atoms with van der Waals surface area (Å²) >= 11 is 0. The summed E-state index contributed by atoms with van der Waals surface area (Å²) in [6, 6.07) is 15.6. The van der Waals surface area contributed by atoms with Crippen LogP contribution in [0.15, 0.2) is 59.7 Å². The van der Waals surface area contributed by atoms with Crippen molar-refractivity contribution in [2.45, 2.75) is 26.7 Å². The predicted octanol–water partition coefficient (Wildman–Crippen LogP) is 4.13. The van der Waals surface area contributed by atoms with Crippen LogP contribution in [0.3, 0.4) is 0 Å². The number of rotatable bonds is 2. The Labute approximate surface area is 183 Å². The van der Waals surface area contributed by atoms with Gasteiger partial charge in [0.1, 0.15) is 0 Å². The average molecular weight is 412 g/mol. The average Bonchev–Trinajstić information content (AvgIpc) is 3.16. The van der Waals surface area contributed by atoms with Gasteiger partial charge in [0.05, 0.1) is 14.2 Å². The maximum absolute atomic E-state index is 12.6. The van der Waals surface area contributed by atoms with E-state index in [2.05, 4.69) is 23.7 Å². The summed E-state index contributed by atoms with van der Waals surface area (Å²) < 4.78 is 9.92. The van der Waals surface area contributed by atoms with Crippen molar-refractivity contribution in [3.05, 3.63) is 81.9 Å². The molecule has 3 rings (SSSR count). The van der Waals surface area contributed by atoms with E-state index < -0.39 is 17.4 Å². The topological polar surface area (TPSA) is 52.6 Å². The van der Waals surface area contributed by atoms with Gasteiger partial charge >= 0.3 is 11.9 Å². The van der Waals surface area contributed by atoms with E-state index in [4.69, 9.17) is 9.47 Å². The van der Waals surface area contributed by atoms with E-state index in [9.17, 15) is 9.59 Å². The molecule has 0 N–H and O–H groups in total. The van der Waals surface area contributed by atoms with Crippen molar-refractivity contribution in [1.82, 2.24) is 0 Å². The van der Waals surface area contributed by atoms with E-state index >= 15 is 0 Å². The zero-order valence-electron chi connectivity index (χ0n) is 18.2. The molecule has 4 nitrogen and oxygen atoms in total. The first-order valence-corrected chi connectivity index (χ1v) is 9.95. The molecule has 0 saturated carbocycles. The zero-order chi connectivity index (χ0) is 22.4. The lowest BCUT2D eigenvalue weighted by molar-refractivity contribution is -0.168. The molecule has 0 aromatic heterocycles. The highest BCUT2D eigenvalue weighted by Crippen LogP contribution is 2.43. The Morgan fingerprint density at radius 3 is 1.45 bits per heavy atom. The third-order valence-corrected chi connectivity index (χ3v) is 5.46. The molecule has 2 aromatic rings. The molecule has 0 unspecified atom stereocenters. The Morgan fingerprint density at radius 1 is 0.710 bits per heavy atom. The molecule has 4 heteroatoms. The summed E-state index contributed by atoms with van der Waals surface area (Å²) in [6.45, 7) is 3.97. The molecule has 0 saturated heterocycles. The lowest BCUT2D eigenvalue weighted by atomic mass is 9.83. The fraction of sp³-hybridized carbons (Fsp3) is 0.259. The summed E-state index contributed by atoms with van der Waals surface area (Å²) in [4.78, 5) is 25.3. The highest BCUT2D eigenvalue weighted by molar-refractivity contribution is 6.02. The van der Waals surface area contributed by atoms with Crippen LogP contribution in [0.5, 0.6) is 0 Å². The first kappa shape index (κ1) is 21.9. The van der Waals surface area contributed by atoms with Crippen molar-refractivity contribution in [2.24, 2.45) is 5.41 Å². The Kier molecular flexibility index (Phi) is 6.63. The molecule has 0 atom stereocenters. The molecular formula is C27H24O4. The van der Waals surface area contributed by atoms with E-state index in [1.807, 2.05) is 62.4 Å². The monoisotopic (exact) mass is 412 g/mol. The van der Waals surface area contributed by atoms with Crippen molar-refractivity contribution in [3.63, 3.8) is 0 Å². The van der Waals surface area contributed by atoms with Gasteiger partial charge in [-0.25, -0.2) is 0 Å². The largest absolute Gasteiger partial charge is 0.468 e. The van der Waals surface area contributed by atoms with Crippen LogP contribution in [-0.2, 0) is 19.1 Å². The number of hydrogen-bond donors (Lipinski definition) is 0. The van der Waals surface area contributed by atoms with Gasteiger partial charge in [-0.05, 0) is 37.1 Å². The molecule has 2 aromatic carbocycles. The molecule has 1 aliphatic rings. The normalized spacial score (nSPS) is 14.1. The number of allylic oxidation sites excluding steroid dienone is 2. The maximum Gasteiger partial charge on any atom is 0.323 e. The number of methoxy groups -OCH3 is 2. The molecule has 0 aliphatic heterocycles. The van der Waals surface area contributed by atoms with Crippen molar-refractivity contribution in [3.8, 4) is 23.7 Å². The molecule has 0 radical (unpaired) electrons. The highest BCUT2D eigenvalue weighted by atomic mass is 16.5. The van der Waals surface area contributed by atoms with Gasteiger partial charge in [-0.1, -0.05) is 60.1 Å². The summed E-state index contributed by atoms with van der Waals surface area (Å²) in [5.41, 5.74) is 3.71. The van der Waals surface area contributed by atoms with Crippen LogP contribution >= 0.6 is 0 Å². The van der Waals surface area contributed by atoms with Crippen molar-refractivity contribution in [1.29, 1.82) is 0 Å². The fourth-order valence-electron chi connectivity index (χ4n) is 3.59. The quantitative estimate of drug-likeness (QED) is 0.423. The summed E-state index contributed by atoms with van der Waals surface area (Å²) in [5.74, 6) is 11.4. The third-order valence-electron chi connectivity index (χ3n) is 5.46. The lowest BCUT2D eigenvalue weighted by Crippen LogP contribution is -2.39.